The number of Topliss-reactive ketones (excluding diaryl/α,β-unsaturated/α-hetero) is 1. The number of benzene rings is 1. The van der Waals surface area contributed by atoms with Gasteiger partial charge in [-0.2, -0.15) is 4.31 Å². The lowest BCUT2D eigenvalue weighted by Crippen LogP contribution is -2.37. The lowest BCUT2D eigenvalue weighted by molar-refractivity contribution is -0.116. The summed E-state index contributed by atoms with van der Waals surface area (Å²) in [6, 6.07) is 5.76. The van der Waals surface area contributed by atoms with Gasteiger partial charge in [-0.1, -0.05) is 11.6 Å². The molecule has 1 amide bonds. The van der Waals surface area contributed by atoms with Gasteiger partial charge in [-0.05, 0) is 49.1 Å². The van der Waals surface area contributed by atoms with Crippen LogP contribution in [-0.4, -0.2) is 37.0 Å². The molecule has 1 unspecified atom stereocenters. The van der Waals surface area contributed by atoms with E-state index in [9.17, 15) is 18.0 Å². The largest absolute Gasteiger partial charge is 0.461 e. The Balaban J connectivity index is 1.63. The summed E-state index contributed by atoms with van der Waals surface area (Å²) in [5.41, 5.74) is 1.29. The summed E-state index contributed by atoms with van der Waals surface area (Å²) in [6.07, 6.45) is 3.58. The van der Waals surface area contributed by atoms with E-state index in [1.807, 2.05) is 0 Å². The van der Waals surface area contributed by atoms with Crippen molar-refractivity contribution in [1.82, 2.24) is 4.31 Å². The second-order valence-corrected chi connectivity index (χ2v) is 9.27. The number of nitrogens with zero attached hydrogens (tertiary/aromatic N) is 1. The van der Waals surface area contributed by atoms with Crippen LogP contribution in [0.4, 0.5) is 5.69 Å². The van der Waals surface area contributed by atoms with E-state index in [4.69, 9.17) is 16.0 Å². The number of hydrogen-bond acceptors (Lipinski definition) is 5. The van der Waals surface area contributed by atoms with Gasteiger partial charge < -0.3 is 9.73 Å². The minimum absolute atomic E-state index is 0.0477. The van der Waals surface area contributed by atoms with Gasteiger partial charge in [-0.15, -0.1) is 0 Å². The van der Waals surface area contributed by atoms with E-state index < -0.39 is 16.1 Å². The molecular formula is C19H19ClN2O5S. The minimum atomic E-state index is -3.92. The number of amides is 1. The third-order valence-electron chi connectivity index (χ3n) is 5.18. The minimum Gasteiger partial charge on any atom is -0.461 e. The molecule has 0 radical (unpaired) electrons. The van der Waals surface area contributed by atoms with Crippen molar-refractivity contribution in [1.29, 1.82) is 0 Å². The summed E-state index contributed by atoms with van der Waals surface area (Å²) >= 11 is 6.29. The van der Waals surface area contributed by atoms with Crippen LogP contribution in [0.25, 0.3) is 0 Å². The highest BCUT2D eigenvalue weighted by atomic mass is 35.5. The van der Waals surface area contributed by atoms with Crippen LogP contribution in [-0.2, 0) is 21.2 Å². The molecule has 1 atom stereocenters. The van der Waals surface area contributed by atoms with Crippen molar-refractivity contribution in [2.24, 2.45) is 0 Å². The van der Waals surface area contributed by atoms with Crippen molar-refractivity contribution in [3.63, 3.8) is 0 Å². The van der Waals surface area contributed by atoms with Gasteiger partial charge in [0, 0.05) is 31.1 Å². The summed E-state index contributed by atoms with van der Waals surface area (Å²) < 4.78 is 33.1. The Bertz CT molecular complexity index is 1030. The van der Waals surface area contributed by atoms with Gasteiger partial charge in [0.25, 0.3) is 0 Å². The number of sulfonamides is 1. The first kappa shape index (κ1) is 19.2. The first-order chi connectivity index (χ1) is 13.4. The second kappa shape index (κ2) is 7.35. The molecule has 9 heteroatoms. The molecule has 0 aliphatic carbocycles. The zero-order chi connectivity index (χ0) is 19.9. The van der Waals surface area contributed by atoms with E-state index in [0.29, 0.717) is 37.9 Å². The average Bonchev–Trinajstić information content (AvgIpc) is 3.33. The summed E-state index contributed by atoms with van der Waals surface area (Å²) in [7, 11) is -3.92. The van der Waals surface area contributed by atoms with Crippen molar-refractivity contribution < 1.29 is 22.4 Å². The summed E-state index contributed by atoms with van der Waals surface area (Å²) in [6.45, 7) is 0.318. The highest BCUT2D eigenvalue weighted by Gasteiger charge is 2.38. The number of nitrogens with one attached hydrogen (secondary N) is 1. The molecule has 0 spiro atoms. The molecule has 0 bridgehead atoms. The molecule has 3 heterocycles. The van der Waals surface area contributed by atoms with Crippen LogP contribution in [0.5, 0.6) is 0 Å². The van der Waals surface area contributed by atoms with Gasteiger partial charge in [0.05, 0.1) is 11.3 Å². The molecule has 2 aromatic rings. The number of anilines is 1. The smallest absolute Gasteiger partial charge is 0.244 e. The predicted octanol–water partition coefficient (Wildman–Crippen LogP) is 3.24. The van der Waals surface area contributed by atoms with E-state index in [2.05, 4.69) is 5.32 Å². The number of carbonyl (C=O) groups excluding carboxylic acids is 2. The predicted molar refractivity (Wildman–Crippen MR) is 103 cm³/mol. The van der Waals surface area contributed by atoms with Crippen LogP contribution < -0.4 is 5.32 Å². The van der Waals surface area contributed by atoms with Crippen LogP contribution in [0.3, 0.4) is 0 Å². The number of carbonyl (C=O) groups is 2. The molecule has 1 N–H and O–H groups in total. The molecule has 4 rings (SSSR count). The number of furan rings is 1. The summed E-state index contributed by atoms with van der Waals surface area (Å²) in [5, 5.41) is 2.83. The Hall–Kier alpha value is -2.16. The zero-order valence-corrected chi connectivity index (χ0v) is 16.6. The van der Waals surface area contributed by atoms with Crippen molar-refractivity contribution in [2.45, 2.75) is 43.0 Å². The third-order valence-corrected chi connectivity index (χ3v) is 7.60. The first-order valence-electron chi connectivity index (χ1n) is 9.07. The number of rotatable bonds is 5. The molecular weight excluding hydrogens is 404 g/mol. The zero-order valence-electron chi connectivity index (χ0n) is 15.0. The number of fused-ring (bicyclic) bond motifs is 1. The average molecular weight is 423 g/mol. The van der Waals surface area contributed by atoms with Crippen LogP contribution in [0.2, 0.25) is 5.02 Å². The normalized spacial score (nSPS) is 20.0. The summed E-state index contributed by atoms with van der Waals surface area (Å²) in [4.78, 5) is 24.0. The number of hydrogen-bond donors (Lipinski definition) is 1. The van der Waals surface area contributed by atoms with E-state index in [1.54, 1.807) is 18.2 Å². The molecule has 2 aliphatic heterocycles. The Kier molecular flexibility index (Phi) is 5.03. The van der Waals surface area contributed by atoms with Gasteiger partial charge in [0.2, 0.25) is 15.9 Å². The van der Waals surface area contributed by atoms with Crippen molar-refractivity contribution >= 4 is 39.0 Å². The standard InChI is InChI=1S/C19H19ClN2O5S/c20-14-9-12-5-6-19(24)21-15(12)11-18(14)28(25,26)22-7-1-3-13(22)10-16(23)17-4-2-8-27-17/h2,4,8-9,11,13H,1,3,5-7,10H2,(H,21,24). The number of halogens is 1. The molecule has 28 heavy (non-hydrogen) atoms. The second-order valence-electron chi connectivity index (χ2n) is 7.00. The Morgan fingerprint density at radius 3 is 2.89 bits per heavy atom. The van der Waals surface area contributed by atoms with E-state index in [-0.39, 0.29) is 33.8 Å². The monoisotopic (exact) mass is 422 g/mol. The van der Waals surface area contributed by atoms with Crippen molar-refractivity contribution in [2.75, 3.05) is 11.9 Å². The fourth-order valence-corrected chi connectivity index (χ4v) is 6.03. The van der Waals surface area contributed by atoms with E-state index >= 15 is 0 Å². The SMILES string of the molecule is O=C1CCc2cc(Cl)c(S(=O)(=O)N3CCCC3CC(=O)c3ccco3)cc2N1. The summed E-state index contributed by atoms with van der Waals surface area (Å²) in [5.74, 6) is -0.166. The van der Waals surface area contributed by atoms with E-state index in [1.165, 1.54) is 16.6 Å². The quantitative estimate of drug-likeness (QED) is 0.746. The lowest BCUT2D eigenvalue weighted by Gasteiger charge is -2.25. The topological polar surface area (TPSA) is 96.7 Å². The molecule has 1 aromatic heterocycles. The van der Waals surface area contributed by atoms with Gasteiger partial charge in [0.15, 0.2) is 11.5 Å². The van der Waals surface area contributed by atoms with Gasteiger partial charge in [-0.25, -0.2) is 8.42 Å². The van der Waals surface area contributed by atoms with Gasteiger partial charge in [-0.3, -0.25) is 9.59 Å². The van der Waals surface area contributed by atoms with Crippen LogP contribution in [0, 0.1) is 0 Å². The Morgan fingerprint density at radius 2 is 2.14 bits per heavy atom. The number of ketones is 1. The number of aryl methyl sites for hydroxylation is 1. The highest BCUT2D eigenvalue weighted by molar-refractivity contribution is 7.89. The van der Waals surface area contributed by atoms with Gasteiger partial charge >= 0.3 is 0 Å². The Labute approximate surface area is 167 Å². The molecule has 0 saturated carbocycles. The fourth-order valence-electron chi connectivity index (χ4n) is 3.78. The highest BCUT2D eigenvalue weighted by Crippen LogP contribution is 2.36. The maximum Gasteiger partial charge on any atom is 0.244 e. The van der Waals surface area contributed by atoms with E-state index in [0.717, 1.165) is 5.56 Å². The van der Waals surface area contributed by atoms with Crippen LogP contribution >= 0.6 is 11.6 Å². The molecule has 2 aliphatic rings. The van der Waals surface area contributed by atoms with Crippen molar-refractivity contribution in [3.05, 3.63) is 46.9 Å². The fraction of sp³-hybridized carbons (Fsp3) is 0.368. The third kappa shape index (κ3) is 3.47. The van der Waals surface area contributed by atoms with Gasteiger partial charge in [0.1, 0.15) is 4.90 Å². The van der Waals surface area contributed by atoms with Crippen LogP contribution in [0.15, 0.2) is 39.8 Å². The molecule has 7 nitrogen and oxygen atoms in total. The maximum atomic E-state index is 13.3. The molecule has 148 valence electrons. The molecule has 1 aromatic carbocycles. The first-order valence-corrected chi connectivity index (χ1v) is 10.9. The molecule has 1 fully saturated rings. The maximum absolute atomic E-state index is 13.3. The van der Waals surface area contributed by atoms with Crippen LogP contribution in [0.1, 0.15) is 41.8 Å². The lowest BCUT2D eigenvalue weighted by atomic mass is 10.0. The van der Waals surface area contributed by atoms with Crippen molar-refractivity contribution in [3.8, 4) is 0 Å². The molecule has 1 saturated heterocycles. The Morgan fingerprint density at radius 1 is 1.32 bits per heavy atom.